The first kappa shape index (κ1) is 13.2. The largest absolute Gasteiger partial charge is 0.427 e. The summed E-state index contributed by atoms with van der Waals surface area (Å²) in [6, 6.07) is 6.94. The maximum atomic E-state index is 11.5. The second-order valence-electron chi connectivity index (χ2n) is 3.82. The molecule has 19 heavy (non-hydrogen) atoms. The van der Waals surface area contributed by atoms with Gasteiger partial charge in [-0.2, -0.15) is 0 Å². The molecular formula is C12H14N4O3. The first-order valence-electron chi connectivity index (χ1n) is 5.82. The number of hydrogen-bond donors (Lipinski definition) is 0. The average Bonchev–Trinajstić information content (AvgIpc) is 2.94. The minimum atomic E-state index is -0.271. The van der Waals surface area contributed by atoms with Crippen molar-refractivity contribution in [2.75, 3.05) is 13.7 Å². The van der Waals surface area contributed by atoms with Crippen LogP contribution in [0.15, 0.2) is 30.6 Å². The second kappa shape index (κ2) is 6.60. The normalized spacial score (nSPS) is 10.4. The number of tetrazole rings is 1. The van der Waals surface area contributed by atoms with Crippen LogP contribution in [0.1, 0.15) is 12.8 Å². The van der Waals surface area contributed by atoms with Crippen molar-refractivity contribution in [3.8, 4) is 11.4 Å². The summed E-state index contributed by atoms with van der Waals surface area (Å²) in [5.74, 6) is 0.228. The zero-order valence-corrected chi connectivity index (χ0v) is 10.5. The first-order valence-corrected chi connectivity index (χ1v) is 5.82. The van der Waals surface area contributed by atoms with E-state index in [2.05, 4.69) is 15.5 Å². The molecule has 0 radical (unpaired) electrons. The Morgan fingerprint density at radius 2 is 2.11 bits per heavy atom. The molecule has 0 atom stereocenters. The molecule has 0 fully saturated rings. The first-order chi connectivity index (χ1) is 9.29. The fraction of sp³-hybridized carbons (Fsp3) is 0.333. The van der Waals surface area contributed by atoms with Crippen LogP contribution in [0.4, 0.5) is 0 Å². The van der Waals surface area contributed by atoms with Crippen LogP contribution in [0.5, 0.6) is 5.75 Å². The Labute approximate surface area is 110 Å². The molecule has 2 rings (SSSR count). The standard InChI is InChI=1S/C12H14N4O3/c1-18-8-2-3-12(17)19-11-6-4-10(5-7-11)16-9-13-14-15-16/h4-7,9H,2-3,8H2,1H3. The lowest BCUT2D eigenvalue weighted by atomic mass is 10.3. The lowest BCUT2D eigenvalue weighted by Gasteiger charge is -2.05. The molecule has 1 aromatic carbocycles. The van der Waals surface area contributed by atoms with Crippen LogP contribution in [0, 0.1) is 0 Å². The highest BCUT2D eigenvalue weighted by molar-refractivity contribution is 5.72. The number of esters is 1. The van der Waals surface area contributed by atoms with Gasteiger partial charge in [-0.25, -0.2) is 4.68 Å². The molecule has 0 bridgehead atoms. The van der Waals surface area contributed by atoms with Gasteiger partial charge in [-0.3, -0.25) is 4.79 Å². The lowest BCUT2D eigenvalue weighted by Crippen LogP contribution is -2.08. The molecule has 1 heterocycles. The Balaban J connectivity index is 1.90. The number of aromatic nitrogens is 4. The van der Waals surface area contributed by atoms with E-state index in [4.69, 9.17) is 9.47 Å². The molecule has 7 heteroatoms. The van der Waals surface area contributed by atoms with Gasteiger partial charge in [0, 0.05) is 20.1 Å². The van der Waals surface area contributed by atoms with Crippen LogP contribution in [-0.4, -0.2) is 39.9 Å². The third-order valence-electron chi connectivity index (χ3n) is 2.41. The Morgan fingerprint density at radius 3 is 2.74 bits per heavy atom. The van der Waals surface area contributed by atoms with E-state index in [1.54, 1.807) is 31.4 Å². The zero-order chi connectivity index (χ0) is 13.5. The number of rotatable bonds is 6. The number of ether oxygens (including phenoxy) is 2. The predicted octanol–water partition coefficient (Wildman–Crippen LogP) is 0.994. The Hall–Kier alpha value is -2.28. The Morgan fingerprint density at radius 1 is 1.32 bits per heavy atom. The Kier molecular flexibility index (Phi) is 4.57. The minimum Gasteiger partial charge on any atom is -0.427 e. The van der Waals surface area contributed by atoms with Crippen molar-refractivity contribution in [3.05, 3.63) is 30.6 Å². The maximum Gasteiger partial charge on any atom is 0.311 e. The van der Waals surface area contributed by atoms with Crippen molar-refractivity contribution in [2.24, 2.45) is 0 Å². The SMILES string of the molecule is COCCCC(=O)Oc1ccc(-n2cnnn2)cc1. The molecule has 0 amide bonds. The van der Waals surface area contributed by atoms with Crippen molar-refractivity contribution in [2.45, 2.75) is 12.8 Å². The molecule has 0 saturated heterocycles. The predicted molar refractivity (Wildman–Crippen MR) is 65.9 cm³/mol. The second-order valence-corrected chi connectivity index (χ2v) is 3.82. The Bertz CT molecular complexity index is 510. The van der Waals surface area contributed by atoms with Crippen molar-refractivity contribution < 1.29 is 14.3 Å². The molecule has 100 valence electrons. The number of nitrogens with zero attached hydrogens (tertiary/aromatic N) is 4. The van der Waals surface area contributed by atoms with E-state index in [0.29, 0.717) is 25.2 Å². The quantitative estimate of drug-likeness (QED) is 0.439. The molecule has 0 spiro atoms. The van der Waals surface area contributed by atoms with Gasteiger partial charge >= 0.3 is 5.97 Å². The average molecular weight is 262 g/mol. The highest BCUT2D eigenvalue weighted by Crippen LogP contribution is 2.15. The number of carbonyl (C=O) groups is 1. The van der Waals surface area contributed by atoms with Gasteiger partial charge in [-0.05, 0) is 41.1 Å². The van der Waals surface area contributed by atoms with E-state index in [1.165, 1.54) is 11.0 Å². The van der Waals surface area contributed by atoms with Crippen LogP contribution in [0.2, 0.25) is 0 Å². The molecular weight excluding hydrogens is 248 g/mol. The number of hydrogen-bond acceptors (Lipinski definition) is 6. The van der Waals surface area contributed by atoms with Crippen molar-refractivity contribution in [3.63, 3.8) is 0 Å². The van der Waals surface area contributed by atoms with Gasteiger partial charge < -0.3 is 9.47 Å². The van der Waals surface area contributed by atoms with Crippen LogP contribution in [0.25, 0.3) is 5.69 Å². The number of methoxy groups -OCH3 is 1. The van der Waals surface area contributed by atoms with Gasteiger partial charge in [0.25, 0.3) is 0 Å². The fourth-order valence-electron chi connectivity index (χ4n) is 1.49. The van der Waals surface area contributed by atoms with Gasteiger partial charge in [-0.1, -0.05) is 0 Å². The molecule has 0 aliphatic rings. The number of carbonyl (C=O) groups excluding carboxylic acids is 1. The summed E-state index contributed by atoms with van der Waals surface area (Å²) in [5.41, 5.74) is 0.796. The van der Waals surface area contributed by atoms with E-state index in [1.807, 2.05) is 0 Å². The molecule has 7 nitrogen and oxygen atoms in total. The topological polar surface area (TPSA) is 79.1 Å². The van der Waals surface area contributed by atoms with Gasteiger partial charge in [0.05, 0.1) is 5.69 Å². The molecule has 0 N–H and O–H groups in total. The summed E-state index contributed by atoms with van der Waals surface area (Å²) < 4.78 is 11.6. The maximum absolute atomic E-state index is 11.5. The summed E-state index contributed by atoms with van der Waals surface area (Å²) in [6.45, 7) is 0.549. The van der Waals surface area contributed by atoms with Crippen molar-refractivity contribution in [1.82, 2.24) is 20.2 Å². The molecule has 2 aromatic rings. The monoisotopic (exact) mass is 262 g/mol. The van der Waals surface area contributed by atoms with Gasteiger partial charge in [0.2, 0.25) is 0 Å². The molecule has 0 aliphatic heterocycles. The van der Waals surface area contributed by atoms with Gasteiger partial charge in [0.15, 0.2) is 0 Å². The highest BCUT2D eigenvalue weighted by atomic mass is 16.5. The third kappa shape index (κ3) is 3.85. The van der Waals surface area contributed by atoms with E-state index in [9.17, 15) is 4.79 Å². The van der Waals surface area contributed by atoms with Crippen LogP contribution in [-0.2, 0) is 9.53 Å². The van der Waals surface area contributed by atoms with Crippen molar-refractivity contribution >= 4 is 5.97 Å². The highest BCUT2D eigenvalue weighted by Gasteiger charge is 2.05. The van der Waals surface area contributed by atoms with E-state index >= 15 is 0 Å². The number of benzene rings is 1. The zero-order valence-electron chi connectivity index (χ0n) is 10.5. The van der Waals surface area contributed by atoms with Crippen molar-refractivity contribution in [1.29, 1.82) is 0 Å². The third-order valence-corrected chi connectivity index (χ3v) is 2.41. The van der Waals surface area contributed by atoms with E-state index in [-0.39, 0.29) is 5.97 Å². The molecule has 0 aliphatic carbocycles. The molecule has 0 unspecified atom stereocenters. The molecule has 0 saturated carbocycles. The van der Waals surface area contributed by atoms with Crippen LogP contribution < -0.4 is 4.74 Å². The summed E-state index contributed by atoms with van der Waals surface area (Å²) in [7, 11) is 1.60. The minimum absolute atomic E-state index is 0.271. The smallest absolute Gasteiger partial charge is 0.311 e. The van der Waals surface area contributed by atoms with E-state index < -0.39 is 0 Å². The van der Waals surface area contributed by atoms with E-state index in [0.717, 1.165) is 5.69 Å². The van der Waals surface area contributed by atoms with Gasteiger partial charge in [-0.15, -0.1) is 5.10 Å². The summed E-state index contributed by atoms with van der Waals surface area (Å²) in [6.07, 6.45) is 2.48. The fourth-order valence-corrected chi connectivity index (χ4v) is 1.49. The molecule has 1 aromatic heterocycles. The summed E-state index contributed by atoms with van der Waals surface area (Å²) in [4.78, 5) is 11.5. The van der Waals surface area contributed by atoms with Crippen LogP contribution >= 0.6 is 0 Å². The van der Waals surface area contributed by atoms with Crippen LogP contribution in [0.3, 0.4) is 0 Å². The summed E-state index contributed by atoms with van der Waals surface area (Å²) in [5, 5.41) is 10.9. The summed E-state index contributed by atoms with van der Waals surface area (Å²) >= 11 is 0. The lowest BCUT2D eigenvalue weighted by molar-refractivity contribution is -0.134. The van der Waals surface area contributed by atoms with Gasteiger partial charge in [0.1, 0.15) is 12.1 Å².